The quantitative estimate of drug-likeness (QED) is 0.742. The highest BCUT2D eigenvalue weighted by Crippen LogP contribution is 2.34. The highest BCUT2D eigenvalue weighted by atomic mass is 16.3. The highest BCUT2D eigenvalue weighted by molar-refractivity contribution is 6.01. The molecular formula is C18H16N4O2. The van der Waals surface area contributed by atoms with Crippen LogP contribution in [0, 0.1) is 0 Å². The van der Waals surface area contributed by atoms with Gasteiger partial charge in [0.1, 0.15) is 11.5 Å². The maximum atomic E-state index is 12.3. The first kappa shape index (κ1) is 14.6. The number of carbonyl (C=O) groups is 1. The summed E-state index contributed by atoms with van der Waals surface area (Å²) in [6.45, 7) is 1.84. The van der Waals surface area contributed by atoms with Crippen molar-refractivity contribution in [1.82, 2.24) is 15.0 Å². The first-order valence-corrected chi connectivity index (χ1v) is 7.90. The van der Waals surface area contributed by atoms with Gasteiger partial charge in [0, 0.05) is 25.2 Å². The molecule has 4 rings (SSSR count). The molecule has 1 amide bonds. The number of rotatable bonds is 3. The molecule has 6 heteroatoms. The molecule has 24 heavy (non-hydrogen) atoms. The Hall–Kier alpha value is -3.02. The van der Waals surface area contributed by atoms with E-state index in [1.807, 2.05) is 37.3 Å². The van der Waals surface area contributed by atoms with E-state index in [0.717, 1.165) is 22.3 Å². The van der Waals surface area contributed by atoms with Crippen LogP contribution in [0.2, 0.25) is 0 Å². The summed E-state index contributed by atoms with van der Waals surface area (Å²) in [5.41, 5.74) is 3.42. The average molecular weight is 320 g/mol. The normalized spacial score (nSPS) is 17.3. The third kappa shape index (κ3) is 2.46. The second-order valence-corrected chi connectivity index (χ2v) is 5.64. The summed E-state index contributed by atoms with van der Waals surface area (Å²) >= 11 is 0. The minimum absolute atomic E-state index is 0.0131. The molecule has 0 bridgehead atoms. The van der Waals surface area contributed by atoms with E-state index in [4.69, 9.17) is 4.42 Å². The Morgan fingerprint density at radius 2 is 2.08 bits per heavy atom. The van der Waals surface area contributed by atoms with Crippen LogP contribution in [0.15, 0.2) is 58.5 Å². The van der Waals surface area contributed by atoms with Gasteiger partial charge in [-0.15, -0.1) is 0 Å². The minimum Gasteiger partial charge on any atom is -0.463 e. The van der Waals surface area contributed by atoms with Crippen molar-refractivity contribution in [1.29, 1.82) is 0 Å². The summed E-state index contributed by atoms with van der Waals surface area (Å²) in [6.07, 6.45) is 5.97. The molecule has 1 aromatic carbocycles. The number of carbonyl (C=O) groups excluding carboxylic acids is 1. The number of hydrogen-bond donors (Lipinski definition) is 0. The van der Waals surface area contributed by atoms with E-state index in [1.54, 1.807) is 23.7 Å². The maximum Gasteiger partial charge on any atom is 0.242 e. The van der Waals surface area contributed by atoms with Crippen molar-refractivity contribution in [2.24, 2.45) is 5.10 Å². The molecule has 0 fully saturated rings. The first-order valence-electron chi connectivity index (χ1n) is 7.90. The fraction of sp³-hybridized carbons (Fsp3) is 0.222. The lowest BCUT2D eigenvalue weighted by molar-refractivity contribution is -0.132. The van der Waals surface area contributed by atoms with Gasteiger partial charge in [-0.3, -0.25) is 14.8 Å². The molecule has 0 N–H and O–H groups in total. The lowest BCUT2D eigenvalue weighted by atomic mass is 10.00. The molecule has 6 nitrogen and oxygen atoms in total. The molecule has 0 unspecified atom stereocenters. The van der Waals surface area contributed by atoms with Crippen molar-refractivity contribution in [3.8, 4) is 0 Å². The Labute approximate surface area is 138 Å². The van der Waals surface area contributed by atoms with Gasteiger partial charge in [0.05, 0.1) is 23.3 Å². The van der Waals surface area contributed by atoms with Gasteiger partial charge in [-0.05, 0) is 29.8 Å². The van der Waals surface area contributed by atoms with E-state index in [0.29, 0.717) is 18.6 Å². The zero-order chi connectivity index (χ0) is 16.5. The summed E-state index contributed by atoms with van der Waals surface area (Å²) < 4.78 is 5.44. The largest absolute Gasteiger partial charge is 0.463 e. The summed E-state index contributed by atoms with van der Waals surface area (Å²) in [4.78, 5) is 21.0. The minimum atomic E-state index is -0.149. The molecule has 0 saturated heterocycles. The van der Waals surface area contributed by atoms with Gasteiger partial charge >= 0.3 is 0 Å². The number of hydrazone groups is 1. The van der Waals surface area contributed by atoms with E-state index in [2.05, 4.69) is 15.1 Å². The van der Waals surface area contributed by atoms with Crippen molar-refractivity contribution in [2.75, 3.05) is 0 Å². The molecule has 3 aromatic rings. The second kappa shape index (κ2) is 5.88. The van der Waals surface area contributed by atoms with Gasteiger partial charge in [0.15, 0.2) is 0 Å². The van der Waals surface area contributed by atoms with Crippen molar-refractivity contribution in [2.45, 2.75) is 25.8 Å². The van der Waals surface area contributed by atoms with Crippen LogP contribution < -0.4 is 0 Å². The Morgan fingerprint density at radius 1 is 1.25 bits per heavy atom. The van der Waals surface area contributed by atoms with Crippen LogP contribution in [0.25, 0.3) is 11.0 Å². The van der Waals surface area contributed by atoms with E-state index < -0.39 is 0 Å². The topological polar surface area (TPSA) is 71.6 Å². The lowest BCUT2D eigenvalue weighted by Crippen LogP contribution is -2.26. The smallest absolute Gasteiger partial charge is 0.242 e. The van der Waals surface area contributed by atoms with E-state index in [1.165, 1.54) is 0 Å². The number of hydrogen-bond acceptors (Lipinski definition) is 5. The third-order valence-corrected chi connectivity index (χ3v) is 4.15. The maximum absolute atomic E-state index is 12.3. The molecule has 3 heterocycles. The summed E-state index contributed by atoms with van der Waals surface area (Å²) in [5.74, 6) is 0.688. The van der Waals surface area contributed by atoms with Crippen LogP contribution in [-0.4, -0.2) is 26.6 Å². The Bertz CT molecular complexity index is 918. The molecule has 2 aromatic heterocycles. The second-order valence-electron chi connectivity index (χ2n) is 5.64. The lowest BCUT2D eigenvalue weighted by Gasteiger charge is -2.21. The molecule has 1 aliphatic rings. The monoisotopic (exact) mass is 320 g/mol. The van der Waals surface area contributed by atoms with Crippen molar-refractivity contribution in [3.05, 3.63) is 60.3 Å². The van der Waals surface area contributed by atoms with Crippen molar-refractivity contribution < 1.29 is 9.21 Å². The predicted octanol–water partition coefficient (Wildman–Crippen LogP) is 3.31. The fourth-order valence-corrected chi connectivity index (χ4v) is 2.94. The van der Waals surface area contributed by atoms with E-state index in [9.17, 15) is 4.79 Å². The van der Waals surface area contributed by atoms with Crippen LogP contribution in [-0.2, 0) is 4.79 Å². The zero-order valence-corrected chi connectivity index (χ0v) is 13.2. The third-order valence-electron chi connectivity index (χ3n) is 4.15. The number of benzene rings is 1. The molecule has 1 aliphatic heterocycles. The van der Waals surface area contributed by atoms with Gasteiger partial charge < -0.3 is 4.42 Å². The van der Waals surface area contributed by atoms with Crippen LogP contribution in [0.4, 0.5) is 0 Å². The first-order chi connectivity index (χ1) is 11.8. The Kier molecular flexibility index (Phi) is 3.57. The summed E-state index contributed by atoms with van der Waals surface area (Å²) in [5, 5.41) is 6.07. The van der Waals surface area contributed by atoms with Crippen molar-refractivity contribution >= 4 is 22.7 Å². The van der Waals surface area contributed by atoms with Crippen molar-refractivity contribution in [3.63, 3.8) is 0 Å². The highest BCUT2D eigenvalue weighted by Gasteiger charge is 2.33. The Balaban J connectivity index is 1.73. The molecule has 1 atom stereocenters. The summed E-state index contributed by atoms with van der Waals surface area (Å²) in [7, 11) is 0. The van der Waals surface area contributed by atoms with Gasteiger partial charge in [-0.1, -0.05) is 13.0 Å². The SMILES string of the molecule is CCC(=O)N1N=C(c2ccco2)C[C@H]1c1ccc2nccnc2c1. The van der Waals surface area contributed by atoms with Crippen LogP contribution in [0.5, 0.6) is 0 Å². The number of furan rings is 1. The fourth-order valence-electron chi connectivity index (χ4n) is 2.94. The number of fused-ring (bicyclic) bond motifs is 1. The molecule has 0 spiro atoms. The Morgan fingerprint density at radius 3 is 2.83 bits per heavy atom. The van der Waals surface area contributed by atoms with Crippen LogP contribution in [0.1, 0.15) is 37.1 Å². The molecule has 0 saturated carbocycles. The molecular weight excluding hydrogens is 304 g/mol. The predicted molar refractivity (Wildman–Crippen MR) is 89.3 cm³/mol. The average Bonchev–Trinajstić information content (AvgIpc) is 3.30. The van der Waals surface area contributed by atoms with Crippen LogP contribution >= 0.6 is 0 Å². The summed E-state index contributed by atoms with van der Waals surface area (Å²) in [6, 6.07) is 9.42. The molecule has 0 aliphatic carbocycles. The van der Waals surface area contributed by atoms with Crippen LogP contribution in [0.3, 0.4) is 0 Å². The van der Waals surface area contributed by atoms with Gasteiger partial charge in [-0.2, -0.15) is 5.10 Å². The van der Waals surface area contributed by atoms with Gasteiger partial charge in [-0.25, -0.2) is 5.01 Å². The molecule has 0 radical (unpaired) electrons. The van der Waals surface area contributed by atoms with Gasteiger partial charge in [0.25, 0.3) is 0 Å². The number of nitrogens with zero attached hydrogens (tertiary/aromatic N) is 4. The standard InChI is InChI=1S/C18H16N4O2/c1-2-18(23)22-16(11-15(21-22)17-4-3-9-24-17)12-5-6-13-14(10-12)20-8-7-19-13/h3-10,16H,2,11H2,1H3/t16-/m0/s1. The molecule has 120 valence electrons. The van der Waals surface area contributed by atoms with E-state index >= 15 is 0 Å². The van der Waals surface area contributed by atoms with E-state index in [-0.39, 0.29) is 11.9 Å². The zero-order valence-electron chi connectivity index (χ0n) is 13.2. The number of amides is 1. The van der Waals surface area contributed by atoms with Gasteiger partial charge in [0.2, 0.25) is 5.91 Å². The number of aromatic nitrogens is 2.